The lowest BCUT2D eigenvalue weighted by Gasteiger charge is -2.31. The smallest absolute Gasteiger partial charge is 0.175 e. The number of nitrogens with one attached hydrogen (secondary N) is 3. The fourth-order valence-corrected chi connectivity index (χ4v) is 4.65. The van der Waals surface area contributed by atoms with E-state index in [1.54, 1.807) is 0 Å². The van der Waals surface area contributed by atoms with Crippen LogP contribution in [0.2, 0.25) is 0 Å². The van der Waals surface area contributed by atoms with Gasteiger partial charge in [-0.25, -0.2) is 0 Å². The molecule has 0 saturated heterocycles. The molecular weight excluding hydrogens is 404 g/mol. The first-order valence-corrected chi connectivity index (χ1v) is 11.5. The summed E-state index contributed by atoms with van der Waals surface area (Å²) in [5.41, 5.74) is 8.79. The van der Waals surface area contributed by atoms with Crippen LogP contribution in [0, 0.1) is 15.6 Å². The van der Waals surface area contributed by atoms with Gasteiger partial charge in [0.15, 0.2) is 36.3 Å². The molecule has 176 valence electrons. The lowest BCUT2D eigenvalue weighted by atomic mass is 10.00. The third kappa shape index (κ3) is 5.43. The van der Waals surface area contributed by atoms with Crippen LogP contribution in [0.15, 0.2) is 15.7 Å². The van der Waals surface area contributed by atoms with Crippen molar-refractivity contribution in [2.75, 3.05) is 19.6 Å². The van der Waals surface area contributed by atoms with Gasteiger partial charge in [-0.2, -0.15) is 30.9 Å². The van der Waals surface area contributed by atoms with Gasteiger partial charge in [0, 0.05) is 19.6 Å². The summed E-state index contributed by atoms with van der Waals surface area (Å²) in [4.78, 5) is 4.21. The molecule has 0 spiro atoms. The van der Waals surface area contributed by atoms with Crippen molar-refractivity contribution < 1.29 is 14.6 Å². The van der Waals surface area contributed by atoms with E-state index in [-0.39, 0.29) is 36.3 Å². The molecule has 3 aliphatic heterocycles. The summed E-state index contributed by atoms with van der Waals surface area (Å²) < 4.78 is 0. The second-order valence-corrected chi connectivity index (χ2v) is 8.70. The number of hydrogen-bond acceptors (Lipinski definition) is 10. The molecule has 0 radical (unpaired) electrons. The molecule has 3 aliphatic rings. The fourth-order valence-electron chi connectivity index (χ4n) is 4.65. The van der Waals surface area contributed by atoms with E-state index in [1.165, 1.54) is 0 Å². The summed E-state index contributed by atoms with van der Waals surface area (Å²) in [6, 6.07) is -1.34. The summed E-state index contributed by atoms with van der Waals surface area (Å²) in [5.74, 6) is 0. The highest BCUT2D eigenvalue weighted by Crippen LogP contribution is 2.20. The summed E-state index contributed by atoms with van der Waals surface area (Å²) in [6.45, 7) is 7.40. The maximum Gasteiger partial charge on any atom is 0.175 e. The van der Waals surface area contributed by atoms with Gasteiger partial charge in [-0.1, -0.05) is 40.0 Å². The quantitative estimate of drug-likeness (QED) is 0.305. The molecule has 3 N–H and O–H groups in total. The maximum atomic E-state index is 12.4. The Morgan fingerprint density at radius 1 is 0.613 bits per heavy atom. The van der Waals surface area contributed by atoms with E-state index in [0.29, 0.717) is 19.6 Å². The molecule has 3 heterocycles. The van der Waals surface area contributed by atoms with Gasteiger partial charge in [-0.05, 0) is 19.3 Å². The van der Waals surface area contributed by atoms with E-state index in [2.05, 4.69) is 52.7 Å². The van der Waals surface area contributed by atoms with E-state index in [1.807, 2.05) is 4.90 Å². The molecule has 0 aromatic heterocycles. The SMILES string of the molecule is CCCC1NN=[N+]([O-])C1CN(CC1C(CCC)NN=[N+]1[O-])CC1C(CCC)NN=[N+]1[O-]. The Balaban J connectivity index is 1.77. The third-order valence-corrected chi connectivity index (χ3v) is 6.35. The first kappa shape index (κ1) is 23.2. The highest BCUT2D eigenvalue weighted by molar-refractivity contribution is 4.87. The Kier molecular flexibility index (Phi) is 8.04. The van der Waals surface area contributed by atoms with Gasteiger partial charge in [-0.15, -0.1) is 0 Å². The van der Waals surface area contributed by atoms with Crippen molar-refractivity contribution in [1.82, 2.24) is 21.2 Å². The minimum Gasteiger partial charge on any atom is -0.695 e. The van der Waals surface area contributed by atoms with Crippen molar-refractivity contribution >= 4 is 0 Å². The van der Waals surface area contributed by atoms with Crippen molar-refractivity contribution in [2.45, 2.75) is 95.5 Å². The molecule has 0 saturated carbocycles. The zero-order chi connectivity index (χ0) is 22.4. The molecule has 0 bridgehead atoms. The van der Waals surface area contributed by atoms with Gasteiger partial charge in [0.2, 0.25) is 0 Å². The molecule has 31 heavy (non-hydrogen) atoms. The number of hydrogen-bond donors (Lipinski definition) is 3. The summed E-state index contributed by atoms with van der Waals surface area (Å²) >= 11 is 0. The van der Waals surface area contributed by atoms with E-state index in [9.17, 15) is 15.6 Å². The zero-order valence-corrected chi connectivity index (χ0v) is 18.7. The van der Waals surface area contributed by atoms with Crippen molar-refractivity contribution in [3.05, 3.63) is 15.6 Å². The highest BCUT2D eigenvalue weighted by atomic mass is 16.5. The first-order chi connectivity index (χ1) is 15.0. The molecule has 0 aromatic rings. The molecule has 13 nitrogen and oxygen atoms in total. The number of nitrogens with zero attached hydrogens (tertiary/aromatic N) is 7. The Hall–Kier alpha value is -2.44. The zero-order valence-electron chi connectivity index (χ0n) is 18.7. The Labute approximate surface area is 182 Å². The topological polar surface area (TPSA) is 155 Å². The molecule has 0 aliphatic carbocycles. The second kappa shape index (κ2) is 10.7. The van der Waals surface area contributed by atoms with E-state index in [0.717, 1.165) is 53.1 Å². The molecular formula is C18H36N10O3. The fraction of sp³-hybridized carbons (Fsp3) is 1.00. The normalized spacial score (nSPS) is 32.3. The van der Waals surface area contributed by atoms with Crippen LogP contribution in [0.5, 0.6) is 0 Å². The van der Waals surface area contributed by atoms with Crippen molar-refractivity contribution in [3.8, 4) is 0 Å². The van der Waals surface area contributed by atoms with Gasteiger partial charge < -0.3 is 15.6 Å². The van der Waals surface area contributed by atoms with Crippen LogP contribution in [0.25, 0.3) is 0 Å². The summed E-state index contributed by atoms with van der Waals surface area (Å²) in [6.07, 6.45) is 5.23. The van der Waals surface area contributed by atoms with Crippen LogP contribution in [0.4, 0.5) is 0 Å². The first-order valence-electron chi connectivity index (χ1n) is 11.5. The molecule has 0 fully saturated rings. The van der Waals surface area contributed by atoms with Crippen LogP contribution in [0.3, 0.4) is 0 Å². The largest absolute Gasteiger partial charge is 0.695 e. The number of hydroxylamine groups is 3. The van der Waals surface area contributed by atoms with E-state index < -0.39 is 0 Å². The van der Waals surface area contributed by atoms with E-state index >= 15 is 0 Å². The third-order valence-electron chi connectivity index (χ3n) is 6.35. The van der Waals surface area contributed by atoms with Crippen molar-refractivity contribution in [2.24, 2.45) is 15.7 Å². The van der Waals surface area contributed by atoms with Crippen LogP contribution in [-0.4, -0.2) is 75.4 Å². The maximum absolute atomic E-state index is 12.4. The molecule has 6 atom stereocenters. The minimum atomic E-state index is -0.382. The minimum absolute atomic E-state index is 0.0626. The molecule has 0 aromatic carbocycles. The predicted molar refractivity (Wildman–Crippen MR) is 111 cm³/mol. The molecule has 6 unspecified atom stereocenters. The van der Waals surface area contributed by atoms with Crippen LogP contribution >= 0.6 is 0 Å². The Bertz CT molecular complexity index is 597. The van der Waals surface area contributed by atoms with Gasteiger partial charge >= 0.3 is 0 Å². The molecule has 0 amide bonds. The average Bonchev–Trinajstić information content (AvgIpc) is 3.38. The standard InChI is InChI=1S/C18H36N10O3/c1-4-7-13-16(26(29)22-19-13)10-25(11-17-14(8-5-2)20-23-27(17)30)12-18-15(9-6-3)21-24-28(18)31/h13-21H,4-12H2,1-3H3. The monoisotopic (exact) mass is 440 g/mol. The lowest BCUT2D eigenvalue weighted by molar-refractivity contribution is -0.568. The Morgan fingerprint density at radius 3 is 1.16 bits per heavy atom. The van der Waals surface area contributed by atoms with Crippen LogP contribution < -0.4 is 16.3 Å². The van der Waals surface area contributed by atoms with Gasteiger partial charge in [-0.3, -0.25) is 4.90 Å². The van der Waals surface area contributed by atoms with Gasteiger partial charge in [0.05, 0.1) is 15.7 Å². The van der Waals surface area contributed by atoms with E-state index in [4.69, 9.17) is 0 Å². The van der Waals surface area contributed by atoms with Gasteiger partial charge in [0.25, 0.3) is 0 Å². The van der Waals surface area contributed by atoms with Gasteiger partial charge in [0.1, 0.15) is 0 Å². The van der Waals surface area contributed by atoms with Crippen molar-refractivity contribution in [1.29, 1.82) is 0 Å². The summed E-state index contributed by atoms with van der Waals surface area (Å²) in [5, 5.41) is 48.7. The summed E-state index contributed by atoms with van der Waals surface area (Å²) in [7, 11) is 0. The molecule has 13 heteroatoms. The Morgan fingerprint density at radius 2 is 0.903 bits per heavy atom. The predicted octanol–water partition coefficient (Wildman–Crippen LogP) is 1.34. The highest BCUT2D eigenvalue weighted by Gasteiger charge is 2.42. The van der Waals surface area contributed by atoms with Crippen LogP contribution in [-0.2, 0) is 0 Å². The average molecular weight is 441 g/mol. The second-order valence-electron chi connectivity index (χ2n) is 8.70. The van der Waals surface area contributed by atoms with Crippen molar-refractivity contribution in [3.63, 3.8) is 0 Å². The number of rotatable bonds is 12. The van der Waals surface area contributed by atoms with Crippen LogP contribution in [0.1, 0.15) is 59.3 Å². The molecule has 3 rings (SSSR count). The lowest BCUT2D eigenvalue weighted by Crippen LogP contribution is -2.53.